The molecular formula is C16H30N6O2. The Balaban J connectivity index is 1.82. The minimum absolute atomic E-state index is 0.00855. The van der Waals surface area contributed by atoms with Crippen molar-refractivity contribution >= 4 is 17.8 Å². The zero-order valence-electron chi connectivity index (χ0n) is 15.3. The molecule has 2 aliphatic rings. The van der Waals surface area contributed by atoms with E-state index in [2.05, 4.69) is 20.1 Å². The number of nitrogens with zero attached hydrogens (tertiary/aromatic N) is 5. The first-order valence-electron chi connectivity index (χ1n) is 8.58. The molecule has 136 valence electrons. The van der Waals surface area contributed by atoms with Crippen molar-refractivity contribution in [2.75, 3.05) is 67.5 Å². The first kappa shape index (κ1) is 18.5. The Morgan fingerprint density at radius 3 is 2.25 bits per heavy atom. The van der Waals surface area contributed by atoms with Gasteiger partial charge in [0.2, 0.25) is 11.8 Å². The standard InChI is InChI=1S/C16H30N6O2/c1-17-16(18-12-14(23)19(2)3)22-10-8-21(9-11-22)15(24)13-6-5-7-20(13)4/h13H,5-12H2,1-4H3,(H,17,18). The highest BCUT2D eigenvalue weighted by atomic mass is 16.2. The largest absolute Gasteiger partial charge is 0.347 e. The molecule has 2 heterocycles. The fourth-order valence-electron chi connectivity index (χ4n) is 3.22. The summed E-state index contributed by atoms with van der Waals surface area (Å²) in [5, 5.41) is 3.10. The van der Waals surface area contributed by atoms with Crippen molar-refractivity contribution in [2.45, 2.75) is 18.9 Å². The Hall–Kier alpha value is -1.83. The van der Waals surface area contributed by atoms with Gasteiger partial charge in [0.1, 0.15) is 0 Å². The number of hydrogen-bond donors (Lipinski definition) is 1. The predicted octanol–water partition coefficient (Wildman–Crippen LogP) is -1.11. The molecule has 2 saturated heterocycles. The molecule has 24 heavy (non-hydrogen) atoms. The Morgan fingerprint density at radius 2 is 1.75 bits per heavy atom. The second kappa shape index (κ2) is 8.32. The zero-order valence-corrected chi connectivity index (χ0v) is 15.3. The molecule has 0 aromatic heterocycles. The molecule has 1 unspecified atom stereocenters. The van der Waals surface area contributed by atoms with Crippen LogP contribution in [-0.4, -0.2) is 111 Å². The number of rotatable bonds is 3. The summed E-state index contributed by atoms with van der Waals surface area (Å²) in [4.78, 5) is 36.3. The van der Waals surface area contributed by atoms with E-state index in [0.29, 0.717) is 13.1 Å². The Bertz CT molecular complexity index is 485. The lowest BCUT2D eigenvalue weighted by atomic mass is 10.2. The molecule has 2 aliphatic heterocycles. The Labute approximate surface area is 144 Å². The summed E-state index contributed by atoms with van der Waals surface area (Å²) in [7, 11) is 7.21. The van der Waals surface area contributed by atoms with Crippen molar-refractivity contribution in [1.29, 1.82) is 0 Å². The summed E-state index contributed by atoms with van der Waals surface area (Å²) >= 11 is 0. The SMILES string of the molecule is CN=C(NCC(=O)N(C)C)N1CCN(C(=O)C2CCCN2C)CC1. The van der Waals surface area contributed by atoms with Crippen LogP contribution in [0, 0.1) is 0 Å². The first-order valence-corrected chi connectivity index (χ1v) is 8.58. The van der Waals surface area contributed by atoms with E-state index >= 15 is 0 Å². The van der Waals surface area contributed by atoms with Gasteiger partial charge in [-0.25, -0.2) is 0 Å². The molecule has 0 aromatic carbocycles. The molecule has 1 N–H and O–H groups in total. The molecule has 8 heteroatoms. The van der Waals surface area contributed by atoms with Crippen LogP contribution in [-0.2, 0) is 9.59 Å². The molecule has 0 saturated carbocycles. The summed E-state index contributed by atoms with van der Waals surface area (Å²) < 4.78 is 0. The van der Waals surface area contributed by atoms with Crippen molar-refractivity contribution in [2.24, 2.45) is 4.99 Å². The molecule has 0 aliphatic carbocycles. The molecule has 2 amide bonds. The first-order chi connectivity index (χ1) is 11.4. The summed E-state index contributed by atoms with van der Waals surface area (Å²) in [6, 6.07) is 0.0479. The maximum absolute atomic E-state index is 12.6. The van der Waals surface area contributed by atoms with Crippen LogP contribution in [0.2, 0.25) is 0 Å². The van der Waals surface area contributed by atoms with Gasteiger partial charge in [0, 0.05) is 47.3 Å². The number of piperazine rings is 1. The average molecular weight is 338 g/mol. The Morgan fingerprint density at radius 1 is 1.12 bits per heavy atom. The quantitative estimate of drug-likeness (QED) is 0.522. The van der Waals surface area contributed by atoms with Crippen LogP contribution >= 0.6 is 0 Å². The number of carbonyl (C=O) groups excluding carboxylic acids is 2. The summed E-state index contributed by atoms with van der Waals surface area (Å²) in [5.74, 6) is 0.977. The van der Waals surface area contributed by atoms with Crippen molar-refractivity contribution in [3.05, 3.63) is 0 Å². The Kier molecular flexibility index (Phi) is 6.42. The number of nitrogens with one attached hydrogen (secondary N) is 1. The van der Waals surface area contributed by atoms with E-state index in [1.165, 1.54) is 0 Å². The lowest BCUT2D eigenvalue weighted by molar-refractivity contribution is -0.136. The van der Waals surface area contributed by atoms with E-state index in [-0.39, 0.29) is 24.4 Å². The fourth-order valence-corrected chi connectivity index (χ4v) is 3.22. The molecule has 0 radical (unpaired) electrons. The smallest absolute Gasteiger partial charge is 0.241 e. The minimum atomic E-state index is 0.00855. The highest BCUT2D eigenvalue weighted by molar-refractivity contribution is 5.87. The van der Waals surface area contributed by atoms with Crippen molar-refractivity contribution in [1.82, 2.24) is 24.9 Å². The second-order valence-corrected chi connectivity index (χ2v) is 6.64. The van der Waals surface area contributed by atoms with Gasteiger partial charge < -0.3 is 20.0 Å². The predicted molar refractivity (Wildman–Crippen MR) is 93.9 cm³/mol. The molecular weight excluding hydrogens is 308 g/mol. The van der Waals surface area contributed by atoms with Crippen molar-refractivity contribution in [3.63, 3.8) is 0 Å². The lowest BCUT2D eigenvalue weighted by Gasteiger charge is -2.38. The monoisotopic (exact) mass is 338 g/mol. The fraction of sp³-hybridized carbons (Fsp3) is 0.812. The highest BCUT2D eigenvalue weighted by Crippen LogP contribution is 2.18. The van der Waals surface area contributed by atoms with Gasteiger partial charge in [0.15, 0.2) is 5.96 Å². The number of likely N-dealkylation sites (N-methyl/N-ethyl adjacent to an activating group) is 2. The van der Waals surface area contributed by atoms with E-state index in [0.717, 1.165) is 38.4 Å². The molecule has 8 nitrogen and oxygen atoms in total. The van der Waals surface area contributed by atoms with E-state index in [4.69, 9.17) is 0 Å². The molecule has 0 aromatic rings. The van der Waals surface area contributed by atoms with Crippen LogP contribution in [0.4, 0.5) is 0 Å². The third-order valence-electron chi connectivity index (χ3n) is 4.80. The van der Waals surface area contributed by atoms with E-state index < -0.39 is 0 Å². The summed E-state index contributed by atoms with van der Waals surface area (Å²) in [6.45, 7) is 4.10. The number of hydrogen-bond acceptors (Lipinski definition) is 4. The number of likely N-dealkylation sites (tertiary alicyclic amines) is 1. The van der Waals surface area contributed by atoms with Gasteiger partial charge in [0.25, 0.3) is 0 Å². The molecule has 0 spiro atoms. The number of amides is 2. The summed E-state index contributed by atoms with van der Waals surface area (Å²) in [6.07, 6.45) is 2.06. The van der Waals surface area contributed by atoms with Gasteiger partial charge in [-0.3, -0.25) is 19.5 Å². The summed E-state index contributed by atoms with van der Waals surface area (Å²) in [5.41, 5.74) is 0. The van der Waals surface area contributed by atoms with Crippen LogP contribution in [0.3, 0.4) is 0 Å². The van der Waals surface area contributed by atoms with Crippen LogP contribution in [0.1, 0.15) is 12.8 Å². The van der Waals surface area contributed by atoms with Gasteiger partial charge in [-0.05, 0) is 26.4 Å². The van der Waals surface area contributed by atoms with Gasteiger partial charge >= 0.3 is 0 Å². The van der Waals surface area contributed by atoms with Gasteiger partial charge in [-0.2, -0.15) is 0 Å². The van der Waals surface area contributed by atoms with Gasteiger partial charge in [-0.15, -0.1) is 0 Å². The minimum Gasteiger partial charge on any atom is -0.347 e. The van der Waals surface area contributed by atoms with Crippen LogP contribution in [0.25, 0.3) is 0 Å². The van der Waals surface area contributed by atoms with Crippen molar-refractivity contribution < 1.29 is 9.59 Å². The number of carbonyl (C=O) groups is 2. The molecule has 1 atom stereocenters. The topological polar surface area (TPSA) is 71.5 Å². The lowest BCUT2D eigenvalue weighted by Crippen LogP contribution is -2.56. The maximum Gasteiger partial charge on any atom is 0.241 e. The van der Waals surface area contributed by atoms with Gasteiger partial charge in [0.05, 0.1) is 12.6 Å². The normalized spacial score (nSPS) is 22.7. The van der Waals surface area contributed by atoms with Crippen LogP contribution < -0.4 is 5.32 Å². The third-order valence-corrected chi connectivity index (χ3v) is 4.80. The second-order valence-electron chi connectivity index (χ2n) is 6.64. The zero-order chi connectivity index (χ0) is 17.7. The highest BCUT2D eigenvalue weighted by Gasteiger charge is 2.33. The van der Waals surface area contributed by atoms with E-state index in [1.54, 1.807) is 26.0 Å². The molecule has 0 bridgehead atoms. The number of guanidine groups is 1. The van der Waals surface area contributed by atoms with Crippen LogP contribution in [0.15, 0.2) is 4.99 Å². The van der Waals surface area contributed by atoms with E-state index in [1.807, 2.05) is 11.9 Å². The van der Waals surface area contributed by atoms with Crippen molar-refractivity contribution in [3.8, 4) is 0 Å². The van der Waals surface area contributed by atoms with Crippen LogP contribution in [0.5, 0.6) is 0 Å². The third kappa shape index (κ3) is 4.37. The maximum atomic E-state index is 12.6. The molecule has 2 fully saturated rings. The number of aliphatic imine (C=N–C) groups is 1. The van der Waals surface area contributed by atoms with E-state index in [9.17, 15) is 9.59 Å². The van der Waals surface area contributed by atoms with Gasteiger partial charge in [-0.1, -0.05) is 0 Å². The average Bonchev–Trinajstić information content (AvgIpc) is 3.01. The molecule has 2 rings (SSSR count).